The summed E-state index contributed by atoms with van der Waals surface area (Å²) in [4.78, 5) is 0. The van der Waals surface area contributed by atoms with Gasteiger partial charge in [0.15, 0.2) is 0 Å². The fourth-order valence-electron chi connectivity index (χ4n) is 1.19. The van der Waals surface area contributed by atoms with E-state index in [0.29, 0.717) is 0 Å². The van der Waals surface area contributed by atoms with Crippen molar-refractivity contribution < 1.29 is 19.7 Å². The van der Waals surface area contributed by atoms with E-state index < -0.39 is 24.3 Å². The summed E-state index contributed by atoms with van der Waals surface area (Å²) in [5, 5.41) is 18.0. The summed E-state index contributed by atoms with van der Waals surface area (Å²) in [7, 11) is 6.87. The topological polar surface area (TPSA) is 58.9 Å². The molecule has 4 atom stereocenters. The minimum atomic E-state index is -0.833. The summed E-state index contributed by atoms with van der Waals surface area (Å²) in [5.41, 5.74) is 0. The van der Waals surface area contributed by atoms with Crippen molar-refractivity contribution in [3.05, 3.63) is 0 Å². The van der Waals surface area contributed by atoms with Gasteiger partial charge in [0.25, 0.3) is 0 Å². The zero-order valence-electron chi connectivity index (χ0n) is 6.30. The summed E-state index contributed by atoms with van der Waals surface area (Å²) in [6.07, 6.45) is -1.98. The number of methoxy groups -OCH3 is 1. The molecule has 62 valence electrons. The number of rotatable bonds is 2. The van der Waals surface area contributed by atoms with Gasteiger partial charge in [0.2, 0.25) is 0 Å². The molecule has 0 amide bonds. The van der Waals surface area contributed by atoms with E-state index in [4.69, 9.17) is 22.4 Å². The smallest absolute Gasteiger partial charge is 0.112 e. The fourth-order valence-corrected chi connectivity index (χ4v) is 1.19. The molecular formula is C6H11BO4. The quantitative estimate of drug-likeness (QED) is 0.467. The molecule has 1 saturated heterocycles. The normalized spacial score (nSPS) is 44.6. The Hall–Kier alpha value is -0.0951. The Morgan fingerprint density at radius 2 is 2.27 bits per heavy atom. The van der Waals surface area contributed by atoms with Gasteiger partial charge in [0.05, 0.1) is 6.61 Å². The van der Waals surface area contributed by atoms with Crippen molar-refractivity contribution in [2.24, 2.45) is 0 Å². The lowest BCUT2D eigenvalue weighted by Crippen LogP contribution is -2.35. The zero-order valence-corrected chi connectivity index (χ0v) is 6.30. The summed E-state index contributed by atoms with van der Waals surface area (Å²) in [5.74, 6) is 0. The second kappa shape index (κ2) is 3.54. The van der Waals surface area contributed by atoms with Gasteiger partial charge in [0, 0.05) is 13.1 Å². The van der Waals surface area contributed by atoms with E-state index in [9.17, 15) is 5.11 Å². The highest BCUT2D eigenvalue weighted by Crippen LogP contribution is 2.20. The Morgan fingerprint density at radius 3 is 2.55 bits per heavy atom. The van der Waals surface area contributed by atoms with Crippen LogP contribution in [0.3, 0.4) is 0 Å². The maximum Gasteiger partial charge on any atom is 0.112 e. The number of hydrogen-bond acceptors (Lipinski definition) is 4. The summed E-state index contributed by atoms with van der Waals surface area (Å²) < 4.78 is 9.84. The molecule has 11 heavy (non-hydrogen) atoms. The van der Waals surface area contributed by atoms with Crippen molar-refractivity contribution >= 4 is 7.85 Å². The molecule has 2 radical (unpaired) electrons. The molecular weight excluding hydrogens is 147 g/mol. The molecule has 1 fully saturated rings. The molecule has 4 nitrogen and oxygen atoms in total. The van der Waals surface area contributed by atoms with Gasteiger partial charge in [-0.25, -0.2) is 0 Å². The Kier molecular flexibility index (Phi) is 2.89. The lowest BCUT2D eigenvalue weighted by atomic mass is 9.93. The first kappa shape index (κ1) is 9.00. The number of aliphatic hydroxyl groups is 2. The minimum Gasteiger partial charge on any atom is -0.394 e. The van der Waals surface area contributed by atoms with E-state index in [1.165, 1.54) is 7.11 Å². The van der Waals surface area contributed by atoms with Crippen LogP contribution >= 0.6 is 0 Å². The van der Waals surface area contributed by atoms with Gasteiger partial charge in [-0.1, -0.05) is 0 Å². The van der Waals surface area contributed by atoms with E-state index >= 15 is 0 Å². The largest absolute Gasteiger partial charge is 0.394 e. The molecule has 1 aliphatic heterocycles. The third-order valence-electron chi connectivity index (χ3n) is 1.83. The van der Waals surface area contributed by atoms with Crippen LogP contribution in [0.5, 0.6) is 0 Å². The second-order valence-corrected chi connectivity index (χ2v) is 2.51. The van der Waals surface area contributed by atoms with Crippen LogP contribution in [0.15, 0.2) is 0 Å². The van der Waals surface area contributed by atoms with Gasteiger partial charge in [-0.15, -0.1) is 0 Å². The summed E-state index contributed by atoms with van der Waals surface area (Å²) in [6.45, 7) is -0.241. The van der Waals surface area contributed by atoms with Crippen molar-refractivity contribution in [2.75, 3.05) is 13.7 Å². The molecule has 1 unspecified atom stereocenters. The number of aliphatic hydroxyl groups excluding tert-OH is 2. The summed E-state index contributed by atoms with van der Waals surface area (Å²) >= 11 is 0. The average molecular weight is 158 g/mol. The lowest BCUT2D eigenvalue weighted by molar-refractivity contribution is -0.0145. The predicted octanol–water partition coefficient (Wildman–Crippen LogP) is -1.75. The zero-order chi connectivity index (χ0) is 8.43. The maximum absolute atomic E-state index is 9.33. The van der Waals surface area contributed by atoms with Crippen LogP contribution in [0.25, 0.3) is 0 Å². The molecule has 1 rings (SSSR count). The van der Waals surface area contributed by atoms with Crippen LogP contribution < -0.4 is 0 Å². The van der Waals surface area contributed by atoms with Crippen LogP contribution in [0.4, 0.5) is 0 Å². The van der Waals surface area contributed by atoms with E-state index in [0.717, 1.165) is 0 Å². The van der Waals surface area contributed by atoms with Crippen molar-refractivity contribution in [3.8, 4) is 0 Å². The van der Waals surface area contributed by atoms with Crippen LogP contribution in [-0.2, 0) is 9.47 Å². The second-order valence-electron chi connectivity index (χ2n) is 2.51. The van der Waals surface area contributed by atoms with Crippen LogP contribution in [-0.4, -0.2) is 56.1 Å². The molecule has 0 spiro atoms. The van der Waals surface area contributed by atoms with Gasteiger partial charge in [-0.3, -0.25) is 0 Å². The maximum atomic E-state index is 9.33. The van der Waals surface area contributed by atoms with E-state index in [-0.39, 0.29) is 6.61 Å². The number of hydrogen-bond donors (Lipinski definition) is 2. The van der Waals surface area contributed by atoms with Crippen molar-refractivity contribution in [2.45, 2.75) is 24.3 Å². The molecule has 2 N–H and O–H groups in total. The predicted molar refractivity (Wildman–Crippen MR) is 38.3 cm³/mol. The molecule has 0 aromatic heterocycles. The van der Waals surface area contributed by atoms with Crippen LogP contribution in [0, 0.1) is 0 Å². The molecule has 1 heterocycles. The van der Waals surface area contributed by atoms with E-state index in [1.807, 2.05) is 0 Å². The molecule has 0 aromatic carbocycles. The van der Waals surface area contributed by atoms with Crippen molar-refractivity contribution in [1.82, 2.24) is 0 Å². The molecule has 0 bridgehead atoms. The first-order valence-corrected chi connectivity index (χ1v) is 3.43. The monoisotopic (exact) mass is 158 g/mol. The summed E-state index contributed by atoms with van der Waals surface area (Å²) in [6, 6.07) is -0.646. The highest BCUT2D eigenvalue weighted by Gasteiger charge is 2.40. The third kappa shape index (κ3) is 1.56. The van der Waals surface area contributed by atoms with Gasteiger partial charge in [0.1, 0.15) is 26.2 Å². The van der Waals surface area contributed by atoms with E-state index in [2.05, 4.69) is 0 Å². The number of ether oxygens (including phenoxy) is 2. The molecule has 0 saturated carbocycles. The van der Waals surface area contributed by atoms with Crippen LogP contribution in [0.1, 0.15) is 0 Å². The highest BCUT2D eigenvalue weighted by molar-refractivity contribution is 6.11. The standard InChI is InChI=1S/C6H11BO4/c1-10-5-4(9)3(2-8)11-6(5)7/h3-6,8-9H,2H2,1H3/t3-,4?,5+,6-/m1/s1. The Balaban J connectivity index is 2.55. The van der Waals surface area contributed by atoms with Gasteiger partial charge in [-0.05, 0) is 0 Å². The molecule has 0 aliphatic carbocycles. The van der Waals surface area contributed by atoms with Gasteiger partial charge in [-0.2, -0.15) is 0 Å². The Bertz CT molecular complexity index is 132. The van der Waals surface area contributed by atoms with E-state index in [1.54, 1.807) is 0 Å². The molecule has 0 aromatic rings. The fraction of sp³-hybridized carbons (Fsp3) is 1.00. The molecule has 1 aliphatic rings. The third-order valence-corrected chi connectivity index (χ3v) is 1.83. The van der Waals surface area contributed by atoms with Gasteiger partial charge < -0.3 is 19.7 Å². The average Bonchev–Trinajstić information content (AvgIpc) is 2.26. The molecule has 5 heteroatoms. The Morgan fingerprint density at radius 1 is 1.64 bits per heavy atom. The van der Waals surface area contributed by atoms with Crippen molar-refractivity contribution in [1.29, 1.82) is 0 Å². The first-order valence-electron chi connectivity index (χ1n) is 3.43. The minimum absolute atomic E-state index is 0.241. The first-order chi connectivity index (χ1) is 5.20. The van der Waals surface area contributed by atoms with Gasteiger partial charge >= 0.3 is 0 Å². The highest BCUT2D eigenvalue weighted by atomic mass is 16.6. The lowest BCUT2D eigenvalue weighted by Gasteiger charge is -2.15. The van der Waals surface area contributed by atoms with Crippen LogP contribution in [0.2, 0.25) is 0 Å². The Labute approximate surface area is 66.5 Å². The SMILES string of the molecule is [B][C@@H]1O[C@H](CO)C(O)[C@@H]1OC. The van der Waals surface area contributed by atoms with Crippen molar-refractivity contribution in [3.63, 3.8) is 0 Å².